The van der Waals surface area contributed by atoms with Crippen LogP contribution in [-0.4, -0.2) is 57.8 Å². The average molecular weight is 559 g/mol. The van der Waals surface area contributed by atoms with Crippen molar-refractivity contribution in [3.05, 3.63) is 81.8 Å². The third-order valence-corrected chi connectivity index (χ3v) is 8.05. The number of thiazole rings is 1. The van der Waals surface area contributed by atoms with Crippen molar-refractivity contribution in [1.82, 2.24) is 25.4 Å². The van der Waals surface area contributed by atoms with Gasteiger partial charge in [0.25, 0.3) is 5.91 Å². The predicted molar refractivity (Wildman–Crippen MR) is 157 cm³/mol. The van der Waals surface area contributed by atoms with Crippen LogP contribution in [0.15, 0.2) is 60.0 Å². The van der Waals surface area contributed by atoms with E-state index >= 15 is 0 Å². The molecule has 9 nitrogen and oxygen atoms in total. The number of nitrogens with zero attached hydrogens (tertiary/aromatic N) is 3. The molecule has 1 aliphatic rings. The molecule has 0 aliphatic carbocycles. The number of H-pyrrole nitrogens is 1. The number of benzene rings is 2. The Morgan fingerprint density at radius 2 is 1.82 bits per heavy atom. The lowest BCUT2D eigenvalue weighted by Gasteiger charge is -2.30. The zero-order valence-electron chi connectivity index (χ0n) is 22.9. The van der Waals surface area contributed by atoms with E-state index in [0.717, 1.165) is 46.0 Å². The summed E-state index contributed by atoms with van der Waals surface area (Å²) in [6.07, 6.45) is 1.58. The number of aromatic amines is 1. The summed E-state index contributed by atoms with van der Waals surface area (Å²) in [5, 5.41) is 15.8. The number of anilines is 1. The second kappa shape index (κ2) is 12.3. The van der Waals surface area contributed by atoms with Crippen LogP contribution in [0.3, 0.4) is 0 Å². The number of amides is 3. The number of aromatic nitrogens is 3. The maximum absolute atomic E-state index is 12.8. The van der Waals surface area contributed by atoms with E-state index in [1.165, 1.54) is 11.3 Å². The zero-order valence-corrected chi connectivity index (χ0v) is 23.8. The van der Waals surface area contributed by atoms with Gasteiger partial charge in [-0.2, -0.15) is 5.10 Å². The molecule has 0 bridgehead atoms. The molecule has 4 aromatic rings. The van der Waals surface area contributed by atoms with Gasteiger partial charge in [0.15, 0.2) is 5.82 Å². The number of aryl methyl sites for hydroxylation is 2. The van der Waals surface area contributed by atoms with Crippen LogP contribution in [0.1, 0.15) is 52.3 Å². The van der Waals surface area contributed by atoms with Crippen molar-refractivity contribution in [3.8, 4) is 17.0 Å². The van der Waals surface area contributed by atoms with Gasteiger partial charge in [0, 0.05) is 30.5 Å². The largest absolute Gasteiger partial charge is 0.491 e. The summed E-state index contributed by atoms with van der Waals surface area (Å²) >= 11 is 1.50. The van der Waals surface area contributed by atoms with E-state index < -0.39 is 0 Å². The molecule has 1 saturated heterocycles. The van der Waals surface area contributed by atoms with Crippen LogP contribution < -0.4 is 15.4 Å². The van der Waals surface area contributed by atoms with Gasteiger partial charge < -0.3 is 15.0 Å². The smallest absolute Gasteiger partial charge is 0.323 e. The summed E-state index contributed by atoms with van der Waals surface area (Å²) in [5.74, 6) is 1.37. The fourth-order valence-corrected chi connectivity index (χ4v) is 5.79. The zero-order chi connectivity index (χ0) is 28.1. The van der Waals surface area contributed by atoms with Gasteiger partial charge in [0.2, 0.25) is 0 Å². The number of ether oxygens (including phenoxy) is 1. The number of likely N-dealkylation sites (tertiary alicyclic amines) is 1. The minimum atomic E-state index is -0.203. The molecule has 0 spiro atoms. The highest BCUT2D eigenvalue weighted by Crippen LogP contribution is 2.31. The Bertz CT molecular complexity index is 1440. The van der Waals surface area contributed by atoms with Crippen molar-refractivity contribution in [1.29, 1.82) is 0 Å². The van der Waals surface area contributed by atoms with E-state index in [2.05, 4.69) is 25.8 Å². The third kappa shape index (κ3) is 6.51. The number of para-hydroxylation sites is 1. The molecule has 2 aromatic heterocycles. The predicted octanol–water partition coefficient (Wildman–Crippen LogP) is 5.76. The highest BCUT2D eigenvalue weighted by atomic mass is 32.1. The lowest BCUT2D eigenvalue weighted by Crippen LogP contribution is -2.40. The molecule has 1 aliphatic heterocycles. The van der Waals surface area contributed by atoms with E-state index in [1.807, 2.05) is 80.7 Å². The number of carbonyl (C=O) groups is 2. The van der Waals surface area contributed by atoms with Crippen LogP contribution in [0, 0.1) is 13.8 Å². The first-order valence-electron chi connectivity index (χ1n) is 13.5. The summed E-state index contributed by atoms with van der Waals surface area (Å²) < 4.78 is 5.98. The summed E-state index contributed by atoms with van der Waals surface area (Å²) in [4.78, 5) is 32.1. The molecule has 0 saturated carbocycles. The van der Waals surface area contributed by atoms with Gasteiger partial charge >= 0.3 is 6.03 Å². The Morgan fingerprint density at radius 3 is 2.55 bits per heavy atom. The Kier molecular flexibility index (Phi) is 8.45. The van der Waals surface area contributed by atoms with Crippen LogP contribution in [0.2, 0.25) is 0 Å². The second-order valence-electron chi connectivity index (χ2n) is 10.2. The van der Waals surface area contributed by atoms with Crippen molar-refractivity contribution in [2.45, 2.75) is 45.6 Å². The van der Waals surface area contributed by atoms with Gasteiger partial charge in [-0.1, -0.05) is 48.5 Å². The summed E-state index contributed by atoms with van der Waals surface area (Å²) in [6.45, 7) is 7.55. The Labute approximate surface area is 238 Å². The molecule has 5 rings (SSSR count). The van der Waals surface area contributed by atoms with E-state index in [1.54, 1.807) is 4.90 Å². The molecule has 1 atom stereocenters. The van der Waals surface area contributed by atoms with Crippen molar-refractivity contribution in [2.75, 3.05) is 25.0 Å². The van der Waals surface area contributed by atoms with Crippen molar-refractivity contribution in [3.63, 3.8) is 0 Å². The molecular formula is C30H34N6O3S. The standard InChI is InChI=1S/C30H34N6O3S/c1-19-8-7-9-20(2)27(19)39-17-21(3)31-28(37)25-18-40-29(32-25)23-12-14-36(15-13-23)30(38)33-26-16-24(34-35-26)22-10-5-4-6-11-22/h4-11,16,18,21,23H,12-15,17H2,1-3H3,(H,31,37)(H2,33,34,35,38). The topological polar surface area (TPSA) is 112 Å². The number of piperidine rings is 1. The molecule has 3 N–H and O–H groups in total. The molecule has 2 aromatic carbocycles. The van der Waals surface area contributed by atoms with Crippen molar-refractivity contribution >= 4 is 29.1 Å². The van der Waals surface area contributed by atoms with E-state index in [4.69, 9.17) is 4.74 Å². The fraction of sp³-hybridized carbons (Fsp3) is 0.333. The molecule has 40 heavy (non-hydrogen) atoms. The normalized spacial score (nSPS) is 14.5. The van der Waals surface area contributed by atoms with Crippen molar-refractivity contribution < 1.29 is 14.3 Å². The molecule has 3 amide bonds. The van der Waals surface area contributed by atoms with Gasteiger partial charge in [0.05, 0.1) is 16.7 Å². The van der Waals surface area contributed by atoms with E-state index in [0.29, 0.717) is 31.2 Å². The summed E-state index contributed by atoms with van der Waals surface area (Å²) in [7, 11) is 0. The maximum atomic E-state index is 12.8. The second-order valence-corrected chi connectivity index (χ2v) is 11.1. The molecule has 1 unspecified atom stereocenters. The first kappa shape index (κ1) is 27.4. The number of rotatable bonds is 8. The van der Waals surface area contributed by atoms with Gasteiger partial charge in [-0.05, 0) is 50.3 Å². The first-order valence-corrected chi connectivity index (χ1v) is 14.4. The number of hydrogen-bond donors (Lipinski definition) is 3. The van der Waals surface area contributed by atoms with Crippen LogP contribution in [0.5, 0.6) is 5.75 Å². The van der Waals surface area contributed by atoms with Crippen LogP contribution in [0.4, 0.5) is 10.6 Å². The number of nitrogens with one attached hydrogen (secondary N) is 3. The van der Waals surface area contributed by atoms with Gasteiger partial charge in [-0.3, -0.25) is 15.2 Å². The average Bonchev–Trinajstić information content (AvgIpc) is 3.64. The van der Waals surface area contributed by atoms with Gasteiger partial charge in [-0.15, -0.1) is 11.3 Å². The van der Waals surface area contributed by atoms with E-state index in [9.17, 15) is 9.59 Å². The summed E-state index contributed by atoms with van der Waals surface area (Å²) in [6, 6.07) is 17.4. The first-order chi connectivity index (χ1) is 19.4. The molecule has 10 heteroatoms. The SMILES string of the molecule is Cc1cccc(C)c1OCC(C)NC(=O)c1csc(C2CCN(C(=O)Nc3cc(-c4ccccc4)[nH]n3)CC2)n1. The van der Waals surface area contributed by atoms with Gasteiger partial charge in [-0.25, -0.2) is 9.78 Å². The van der Waals surface area contributed by atoms with Gasteiger partial charge in [0.1, 0.15) is 18.1 Å². The monoisotopic (exact) mass is 558 g/mol. The lowest BCUT2D eigenvalue weighted by atomic mass is 9.98. The molecule has 208 valence electrons. The molecule has 3 heterocycles. The van der Waals surface area contributed by atoms with Crippen LogP contribution in [0.25, 0.3) is 11.3 Å². The minimum absolute atomic E-state index is 0.166. The fourth-order valence-electron chi connectivity index (χ4n) is 4.82. The Morgan fingerprint density at radius 1 is 1.10 bits per heavy atom. The Balaban J connectivity index is 1.08. The highest BCUT2D eigenvalue weighted by molar-refractivity contribution is 7.09. The van der Waals surface area contributed by atoms with Crippen LogP contribution >= 0.6 is 11.3 Å². The van der Waals surface area contributed by atoms with Crippen molar-refractivity contribution in [2.24, 2.45) is 0 Å². The molecule has 0 radical (unpaired) electrons. The van der Waals surface area contributed by atoms with Crippen LogP contribution in [-0.2, 0) is 0 Å². The molecule has 1 fully saturated rings. The Hall–Kier alpha value is -4.18. The number of urea groups is 1. The minimum Gasteiger partial charge on any atom is -0.491 e. The maximum Gasteiger partial charge on any atom is 0.323 e. The lowest BCUT2D eigenvalue weighted by molar-refractivity contribution is 0.0922. The highest BCUT2D eigenvalue weighted by Gasteiger charge is 2.27. The summed E-state index contributed by atoms with van der Waals surface area (Å²) in [5.41, 5.74) is 4.43. The third-order valence-electron chi connectivity index (χ3n) is 7.05. The quantitative estimate of drug-likeness (QED) is 0.255. The number of hydrogen-bond acceptors (Lipinski definition) is 6. The molecular weight excluding hydrogens is 524 g/mol. The van der Waals surface area contributed by atoms with E-state index in [-0.39, 0.29) is 23.9 Å². The number of carbonyl (C=O) groups excluding carboxylic acids is 2.